The number of carbonyl (C=O) groups excluding carboxylic acids is 1. The third kappa shape index (κ3) is 4.75. The van der Waals surface area contributed by atoms with Crippen molar-refractivity contribution in [3.05, 3.63) is 39.9 Å². The Balaban J connectivity index is 0.000000817. The number of nitrogens with two attached hydrogens (primary N) is 1. The minimum absolute atomic E-state index is 0.0702. The molecule has 2 aromatic rings. The van der Waals surface area contributed by atoms with Gasteiger partial charge in [-0.3, -0.25) is 9.59 Å². The highest BCUT2D eigenvalue weighted by Crippen LogP contribution is 2.31. The standard InChI is InChI=1S/C18H24N4O2.C3H8/c1-10(2)15(19)18(24)22-8-4-5-14(22)16-20-13-7-6-11(3)9-12(13)17(23)21-16;1-3-2/h6-7,9-10,14-15H,4-5,8,19H2,1-3H3,(H,20,21,23);3H2,1-2H3. The molecular formula is C21H32N4O2. The third-order valence-electron chi connectivity index (χ3n) is 4.73. The predicted octanol–water partition coefficient (Wildman–Crippen LogP) is 3.29. The number of nitrogens with zero attached hydrogens (tertiary/aromatic N) is 2. The molecule has 1 aliphatic rings. The Morgan fingerprint density at radius 2 is 2.04 bits per heavy atom. The Morgan fingerprint density at radius 3 is 2.67 bits per heavy atom. The van der Waals surface area contributed by atoms with Crippen LogP contribution < -0.4 is 11.3 Å². The fourth-order valence-corrected chi connectivity index (χ4v) is 3.22. The van der Waals surface area contributed by atoms with Crippen LogP contribution in [-0.4, -0.2) is 33.4 Å². The maximum atomic E-state index is 12.6. The van der Waals surface area contributed by atoms with Crippen LogP contribution in [0.5, 0.6) is 0 Å². The summed E-state index contributed by atoms with van der Waals surface area (Å²) >= 11 is 0. The van der Waals surface area contributed by atoms with E-state index in [1.807, 2.05) is 39.0 Å². The van der Waals surface area contributed by atoms with Crippen LogP contribution >= 0.6 is 0 Å². The molecule has 0 radical (unpaired) electrons. The number of hydrogen-bond donors (Lipinski definition) is 2. The van der Waals surface area contributed by atoms with Crippen molar-refractivity contribution in [2.24, 2.45) is 11.7 Å². The zero-order valence-electron chi connectivity index (χ0n) is 17.1. The Hall–Kier alpha value is -2.21. The lowest BCUT2D eigenvalue weighted by Crippen LogP contribution is -2.46. The van der Waals surface area contributed by atoms with Crippen molar-refractivity contribution in [3.63, 3.8) is 0 Å². The molecule has 1 aromatic heterocycles. The number of nitrogens with one attached hydrogen (secondary N) is 1. The van der Waals surface area contributed by atoms with E-state index in [4.69, 9.17) is 5.73 Å². The van der Waals surface area contributed by atoms with Crippen LogP contribution in [-0.2, 0) is 4.79 Å². The number of aryl methyl sites for hydroxylation is 1. The van der Waals surface area contributed by atoms with E-state index in [0.29, 0.717) is 23.3 Å². The number of amides is 1. The van der Waals surface area contributed by atoms with Crippen molar-refractivity contribution < 1.29 is 4.79 Å². The van der Waals surface area contributed by atoms with Crippen LogP contribution in [0.3, 0.4) is 0 Å². The smallest absolute Gasteiger partial charge is 0.258 e. The van der Waals surface area contributed by atoms with E-state index in [2.05, 4.69) is 23.8 Å². The first-order chi connectivity index (χ1) is 12.8. The van der Waals surface area contributed by atoms with Crippen molar-refractivity contribution in [2.75, 3.05) is 6.54 Å². The van der Waals surface area contributed by atoms with Gasteiger partial charge in [-0.2, -0.15) is 0 Å². The molecule has 148 valence electrons. The molecule has 2 atom stereocenters. The Morgan fingerprint density at radius 1 is 1.37 bits per heavy atom. The summed E-state index contributed by atoms with van der Waals surface area (Å²) in [7, 11) is 0. The molecule has 3 rings (SSSR count). The number of H-pyrrole nitrogens is 1. The number of carbonyl (C=O) groups is 1. The Kier molecular flexibility index (Phi) is 7.13. The minimum atomic E-state index is -0.527. The van der Waals surface area contributed by atoms with Crippen molar-refractivity contribution in [1.82, 2.24) is 14.9 Å². The van der Waals surface area contributed by atoms with Crippen molar-refractivity contribution in [1.29, 1.82) is 0 Å². The highest BCUT2D eigenvalue weighted by atomic mass is 16.2. The van der Waals surface area contributed by atoms with E-state index < -0.39 is 6.04 Å². The quantitative estimate of drug-likeness (QED) is 0.865. The number of aromatic nitrogens is 2. The minimum Gasteiger partial charge on any atom is -0.331 e. The molecule has 6 heteroatoms. The summed E-state index contributed by atoms with van der Waals surface area (Å²) in [6.45, 7) is 10.7. The molecule has 1 saturated heterocycles. The molecule has 1 fully saturated rings. The highest BCUT2D eigenvalue weighted by molar-refractivity contribution is 5.83. The molecule has 3 N–H and O–H groups in total. The van der Waals surface area contributed by atoms with Crippen LogP contribution in [0.4, 0.5) is 0 Å². The van der Waals surface area contributed by atoms with Gasteiger partial charge in [0.25, 0.3) is 5.56 Å². The zero-order chi connectivity index (χ0) is 20.1. The molecule has 0 saturated carbocycles. The van der Waals surface area contributed by atoms with Crippen molar-refractivity contribution in [3.8, 4) is 0 Å². The van der Waals surface area contributed by atoms with Crippen molar-refractivity contribution >= 4 is 16.8 Å². The molecule has 1 aliphatic heterocycles. The number of fused-ring (bicyclic) bond motifs is 1. The maximum absolute atomic E-state index is 12.6. The largest absolute Gasteiger partial charge is 0.331 e. The monoisotopic (exact) mass is 372 g/mol. The molecule has 0 bridgehead atoms. The summed E-state index contributed by atoms with van der Waals surface area (Å²) < 4.78 is 0. The number of hydrogen-bond acceptors (Lipinski definition) is 4. The van der Waals surface area contributed by atoms with E-state index in [0.717, 1.165) is 18.4 Å². The molecule has 0 aliphatic carbocycles. The van der Waals surface area contributed by atoms with Crippen LogP contribution in [0, 0.1) is 12.8 Å². The number of likely N-dealkylation sites (tertiary alicyclic amines) is 1. The van der Waals surface area contributed by atoms with Gasteiger partial charge < -0.3 is 15.6 Å². The number of benzene rings is 1. The van der Waals surface area contributed by atoms with E-state index in [1.165, 1.54) is 6.42 Å². The van der Waals surface area contributed by atoms with Gasteiger partial charge >= 0.3 is 0 Å². The lowest BCUT2D eigenvalue weighted by molar-refractivity contribution is -0.134. The van der Waals surface area contributed by atoms with Gasteiger partial charge in [-0.25, -0.2) is 4.98 Å². The highest BCUT2D eigenvalue weighted by Gasteiger charge is 2.35. The zero-order valence-corrected chi connectivity index (χ0v) is 17.1. The SMILES string of the molecule is CCC.Cc1ccc2nc(C3CCCN3C(=O)C(N)C(C)C)[nH]c(=O)c2c1. The summed E-state index contributed by atoms with van der Waals surface area (Å²) in [5.41, 5.74) is 7.55. The average Bonchev–Trinajstić information content (AvgIpc) is 3.11. The lowest BCUT2D eigenvalue weighted by atomic mass is 10.0. The molecule has 2 unspecified atom stereocenters. The van der Waals surface area contributed by atoms with E-state index in [9.17, 15) is 9.59 Å². The Bertz CT molecular complexity index is 844. The predicted molar refractivity (Wildman–Crippen MR) is 110 cm³/mol. The fraction of sp³-hybridized carbons (Fsp3) is 0.571. The summed E-state index contributed by atoms with van der Waals surface area (Å²) in [5, 5.41) is 0.577. The first-order valence-electron chi connectivity index (χ1n) is 9.86. The van der Waals surface area contributed by atoms with Gasteiger partial charge in [-0.1, -0.05) is 45.7 Å². The molecule has 2 heterocycles. The second-order valence-corrected chi connectivity index (χ2v) is 7.64. The summed E-state index contributed by atoms with van der Waals surface area (Å²) in [4.78, 5) is 34.3. The molecular weight excluding hydrogens is 340 g/mol. The third-order valence-corrected chi connectivity index (χ3v) is 4.73. The van der Waals surface area contributed by atoms with Crippen LogP contribution in [0.25, 0.3) is 10.9 Å². The van der Waals surface area contributed by atoms with E-state index >= 15 is 0 Å². The van der Waals surface area contributed by atoms with Gasteiger partial charge in [0, 0.05) is 6.54 Å². The first-order valence-corrected chi connectivity index (χ1v) is 9.86. The van der Waals surface area contributed by atoms with E-state index in [1.54, 1.807) is 4.90 Å². The van der Waals surface area contributed by atoms with Crippen LogP contribution in [0.15, 0.2) is 23.0 Å². The van der Waals surface area contributed by atoms with Gasteiger partial charge in [0.2, 0.25) is 5.91 Å². The topological polar surface area (TPSA) is 92.1 Å². The van der Waals surface area contributed by atoms with Gasteiger partial charge in [0.1, 0.15) is 5.82 Å². The average molecular weight is 373 g/mol. The lowest BCUT2D eigenvalue weighted by Gasteiger charge is -2.28. The van der Waals surface area contributed by atoms with Gasteiger partial charge in [0.15, 0.2) is 0 Å². The number of aromatic amines is 1. The first kappa shape index (κ1) is 21.1. The summed E-state index contributed by atoms with van der Waals surface area (Å²) in [5.74, 6) is 0.558. The molecule has 6 nitrogen and oxygen atoms in total. The molecule has 27 heavy (non-hydrogen) atoms. The molecule has 1 amide bonds. The molecule has 0 spiro atoms. The van der Waals surface area contributed by atoms with Crippen molar-refractivity contribution in [2.45, 2.75) is 66.0 Å². The van der Waals surface area contributed by atoms with Gasteiger partial charge in [0.05, 0.1) is 23.0 Å². The van der Waals surface area contributed by atoms with Gasteiger partial charge in [-0.05, 0) is 37.8 Å². The summed E-state index contributed by atoms with van der Waals surface area (Å²) in [6.07, 6.45) is 2.92. The summed E-state index contributed by atoms with van der Waals surface area (Å²) in [6, 6.07) is 4.88. The second kappa shape index (κ2) is 9.13. The molecule has 1 aromatic carbocycles. The maximum Gasteiger partial charge on any atom is 0.258 e. The normalized spacial score (nSPS) is 17.7. The van der Waals surface area contributed by atoms with Crippen LogP contribution in [0.1, 0.15) is 64.4 Å². The number of rotatable bonds is 3. The van der Waals surface area contributed by atoms with Crippen LogP contribution in [0.2, 0.25) is 0 Å². The van der Waals surface area contributed by atoms with E-state index in [-0.39, 0.29) is 23.4 Å². The van der Waals surface area contributed by atoms with Gasteiger partial charge in [-0.15, -0.1) is 0 Å². The fourth-order valence-electron chi connectivity index (χ4n) is 3.22. The second-order valence-electron chi connectivity index (χ2n) is 7.64. The Labute approximate surface area is 161 Å².